The topological polar surface area (TPSA) is 101 Å². The minimum atomic E-state index is -1.46. The van der Waals surface area contributed by atoms with Gasteiger partial charge < -0.3 is 5.73 Å². The van der Waals surface area contributed by atoms with Gasteiger partial charge in [0.05, 0.1) is 23.4 Å². The van der Waals surface area contributed by atoms with E-state index < -0.39 is 5.41 Å². The van der Waals surface area contributed by atoms with Crippen LogP contribution in [0.25, 0.3) is 0 Å². The number of fused-ring (bicyclic) bond motifs is 1. The van der Waals surface area contributed by atoms with Crippen molar-refractivity contribution in [1.29, 1.82) is 15.8 Å². The second kappa shape index (κ2) is 7.28. The third-order valence-corrected chi connectivity index (χ3v) is 5.77. The van der Waals surface area contributed by atoms with Crippen LogP contribution in [0.1, 0.15) is 19.4 Å². The van der Waals surface area contributed by atoms with E-state index in [0.29, 0.717) is 12.1 Å². The molecule has 2 aliphatic rings. The maximum Gasteiger partial charge on any atom is 0.187 e. The summed E-state index contributed by atoms with van der Waals surface area (Å²) in [7, 11) is 0. The molecular formula is C22H23N5. The molecule has 0 amide bonds. The molecule has 1 aromatic carbocycles. The Morgan fingerprint density at radius 1 is 1.19 bits per heavy atom. The van der Waals surface area contributed by atoms with Crippen molar-refractivity contribution in [2.45, 2.75) is 20.4 Å². The summed E-state index contributed by atoms with van der Waals surface area (Å²) in [6.07, 6.45) is 2.05. The largest absolute Gasteiger partial charge is 0.399 e. The first-order valence-electron chi connectivity index (χ1n) is 9.18. The van der Waals surface area contributed by atoms with Gasteiger partial charge in [-0.3, -0.25) is 4.90 Å². The van der Waals surface area contributed by atoms with E-state index in [1.54, 1.807) is 0 Å². The molecule has 2 N–H and O–H groups in total. The van der Waals surface area contributed by atoms with E-state index in [1.807, 2.05) is 32.0 Å². The Morgan fingerprint density at radius 2 is 1.85 bits per heavy atom. The molecule has 5 nitrogen and oxygen atoms in total. The summed E-state index contributed by atoms with van der Waals surface area (Å²) in [6.45, 7) is 6.25. The average Bonchev–Trinajstić information content (AvgIpc) is 2.68. The Labute approximate surface area is 160 Å². The molecule has 0 saturated heterocycles. The van der Waals surface area contributed by atoms with Gasteiger partial charge in [-0.25, -0.2) is 0 Å². The number of hydrogen-bond donors (Lipinski definition) is 1. The third-order valence-electron chi connectivity index (χ3n) is 5.77. The van der Waals surface area contributed by atoms with Crippen molar-refractivity contribution in [3.63, 3.8) is 0 Å². The molecule has 2 atom stereocenters. The summed E-state index contributed by atoms with van der Waals surface area (Å²) in [5.41, 5.74) is 7.33. The summed E-state index contributed by atoms with van der Waals surface area (Å²) < 4.78 is 0. The summed E-state index contributed by atoms with van der Waals surface area (Å²) in [6, 6.07) is 16.7. The highest BCUT2D eigenvalue weighted by molar-refractivity contribution is 5.56. The normalized spacial score (nSPS) is 24.4. The highest BCUT2D eigenvalue weighted by atomic mass is 15.1. The molecule has 2 unspecified atom stereocenters. The van der Waals surface area contributed by atoms with Crippen LogP contribution in [-0.4, -0.2) is 18.0 Å². The van der Waals surface area contributed by atoms with Crippen LogP contribution >= 0.6 is 0 Å². The first kappa shape index (κ1) is 18.7. The number of rotatable bonds is 3. The second-order valence-electron chi connectivity index (χ2n) is 7.65. The smallest absolute Gasteiger partial charge is 0.187 e. The zero-order valence-corrected chi connectivity index (χ0v) is 15.7. The SMILES string of the molecule is CC(C)C1C2CN(Cc3ccccc3)CC=C2C(C#N)=C(N)C1(C#N)C#N. The summed E-state index contributed by atoms with van der Waals surface area (Å²) in [5.74, 6) is -0.244. The highest BCUT2D eigenvalue weighted by Gasteiger charge is 2.54. The zero-order valence-electron chi connectivity index (χ0n) is 15.7. The molecule has 27 heavy (non-hydrogen) atoms. The monoisotopic (exact) mass is 357 g/mol. The maximum atomic E-state index is 9.91. The molecule has 1 aliphatic carbocycles. The number of nitrogens with two attached hydrogens (primary N) is 1. The number of hydrogen-bond acceptors (Lipinski definition) is 5. The van der Waals surface area contributed by atoms with Crippen LogP contribution in [0.15, 0.2) is 53.3 Å². The first-order chi connectivity index (χ1) is 13.0. The van der Waals surface area contributed by atoms with Gasteiger partial charge >= 0.3 is 0 Å². The van der Waals surface area contributed by atoms with E-state index in [2.05, 4.69) is 41.3 Å². The lowest BCUT2D eigenvalue weighted by atomic mass is 9.57. The number of allylic oxidation sites excluding steroid dienone is 2. The van der Waals surface area contributed by atoms with Gasteiger partial charge in [-0.2, -0.15) is 15.8 Å². The van der Waals surface area contributed by atoms with Crippen molar-refractivity contribution in [1.82, 2.24) is 4.90 Å². The lowest BCUT2D eigenvalue weighted by Gasteiger charge is -2.47. The minimum Gasteiger partial charge on any atom is -0.399 e. The van der Waals surface area contributed by atoms with Gasteiger partial charge in [0.1, 0.15) is 6.07 Å². The van der Waals surface area contributed by atoms with Crippen LogP contribution < -0.4 is 5.73 Å². The summed E-state index contributed by atoms with van der Waals surface area (Å²) in [5, 5.41) is 29.5. The second-order valence-corrected chi connectivity index (χ2v) is 7.65. The van der Waals surface area contributed by atoms with Crippen molar-refractivity contribution in [3.05, 3.63) is 58.8 Å². The number of nitrogens with zero attached hydrogens (tertiary/aromatic N) is 4. The summed E-state index contributed by atoms with van der Waals surface area (Å²) in [4.78, 5) is 2.30. The molecule has 136 valence electrons. The fourth-order valence-corrected chi connectivity index (χ4v) is 4.61. The predicted octanol–water partition coefficient (Wildman–Crippen LogP) is 3.10. The molecular weight excluding hydrogens is 334 g/mol. The van der Waals surface area contributed by atoms with Crippen molar-refractivity contribution in [2.24, 2.45) is 28.9 Å². The Morgan fingerprint density at radius 3 is 2.41 bits per heavy atom. The zero-order chi connectivity index (χ0) is 19.6. The van der Waals surface area contributed by atoms with Crippen LogP contribution in [-0.2, 0) is 6.54 Å². The molecule has 0 aromatic heterocycles. The van der Waals surface area contributed by atoms with Gasteiger partial charge in [-0.05, 0) is 17.1 Å². The van der Waals surface area contributed by atoms with Gasteiger partial charge in [-0.15, -0.1) is 0 Å². The molecule has 1 aliphatic heterocycles. The van der Waals surface area contributed by atoms with Crippen molar-refractivity contribution >= 4 is 0 Å². The lowest BCUT2D eigenvalue weighted by molar-refractivity contribution is 0.127. The van der Waals surface area contributed by atoms with Crippen LogP contribution in [0.2, 0.25) is 0 Å². The number of benzene rings is 1. The standard InChI is InChI=1S/C22H23N5/c1-15(2)20-19-12-27(11-16-6-4-3-5-7-16)9-8-17(19)18(10-23)21(26)22(20,13-24)14-25/h3-8,15,19-20H,9,11-12,26H2,1-2H3. The van der Waals surface area contributed by atoms with Crippen LogP contribution in [0.4, 0.5) is 0 Å². The first-order valence-corrected chi connectivity index (χ1v) is 9.18. The van der Waals surface area contributed by atoms with E-state index in [4.69, 9.17) is 5.73 Å². The van der Waals surface area contributed by atoms with Crippen molar-refractivity contribution < 1.29 is 0 Å². The predicted molar refractivity (Wildman–Crippen MR) is 102 cm³/mol. The molecule has 1 heterocycles. The highest BCUT2D eigenvalue weighted by Crippen LogP contribution is 2.52. The van der Waals surface area contributed by atoms with E-state index >= 15 is 0 Å². The van der Waals surface area contributed by atoms with Gasteiger partial charge in [0, 0.05) is 31.5 Å². The molecule has 0 saturated carbocycles. The molecule has 0 fully saturated rings. The minimum absolute atomic E-state index is 0.0660. The average molecular weight is 357 g/mol. The molecule has 0 bridgehead atoms. The Kier molecular flexibility index (Phi) is 5.04. The van der Waals surface area contributed by atoms with Gasteiger partial charge in [0.25, 0.3) is 0 Å². The molecule has 0 radical (unpaired) electrons. The molecule has 0 spiro atoms. The van der Waals surface area contributed by atoms with E-state index in [9.17, 15) is 15.8 Å². The summed E-state index contributed by atoms with van der Waals surface area (Å²) >= 11 is 0. The lowest BCUT2D eigenvalue weighted by Crippen LogP contribution is -2.50. The molecule has 5 heteroatoms. The van der Waals surface area contributed by atoms with E-state index in [1.165, 1.54) is 5.56 Å². The third kappa shape index (κ3) is 2.99. The van der Waals surface area contributed by atoms with Gasteiger partial charge in [-0.1, -0.05) is 50.3 Å². The maximum absolute atomic E-state index is 9.91. The van der Waals surface area contributed by atoms with Crippen molar-refractivity contribution in [2.75, 3.05) is 13.1 Å². The Bertz CT molecular complexity index is 891. The Hall–Kier alpha value is -3.07. The molecule has 3 rings (SSSR count). The van der Waals surface area contributed by atoms with Gasteiger partial charge in [0.2, 0.25) is 0 Å². The number of nitriles is 3. The fraction of sp³-hybridized carbons (Fsp3) is 0.409. The van der Waals surface area contributed by atoms with Crippen molar-refractivity contribution in [3.8, 4) is 18.2 Å². The molecule has 1 aromatic rings. The van der Waals surface area contributed by atoms with Crippen LogP contribution in [0, 0.1) is 57.2 Å². The Balaban J connectivity index is 2.05. The van der Waals surface area contributed by atoms with Crippen LogP contribution in [0.5, 0.6) is 0 Å². The quantitative estimate of drug-likeness (QED) is 0.896. The fourth-order valence-electron chi connectivity index (χ4n) is 4.61. The van der Waals surface area contributed by atoms with Gasteiger partial charge in [0.15, 0.2) is 5.41 Å². The van der Waals surface area contributed by atoms with E-state index in [0.717, 1.165) is 18.7 Å². The van der Waals surface area contributed by atoms with E-state index in [-0.39, 0.29) is 23.5 Å². The van der Waals surface area contributed by atoms with Crippen LogP contribution in [0.3, 0.4) is 0 Å².